The molecule has 0 radical (unpaired) electrons. The Morgan fingerprint density at radius 2 is 1.92 bits per heavy atom. The van der Waals surface area contributed by atoms with E-state index in [0.29, 0.717) is 24.5 Å². The van der Waals surface area contributed by atoms with Crippen LogP contribution >= 0.6 is 0 Å². The summed E-state index contributed by atoms with van der Waals surface area (Å²) < 4.78 is 11.6. The Morgan fingerprint density at radius 1 is 1.14 bits per heavy atom. The maximum absolute atomic E-state index is 13.4. The molecule has 2 atom stereocenters. The Labute approximate surface area is 219 Å². The van der Waals surface area contributed by atoms with Gasteiger partial charge in [-0.3, -0.25) is 9.59 Å². The molecule has 2 aliphatic heterocycles. The highest BCUT2D eigenvalue weighted by Gasteiger charge is 2.46. The summed E-state index contributed by atoms with van der Waals surface area (Å²) in [5, 5.41) is 11.5. The molecule has 37 heavy (non-hydrogen) atoms. The summed E-state index contributed by atoms with van der Waals surface area (Å²) in [6, 6.07) is 12.2. The zero-order valence-corrected chi connectivity index (χ0v) is 22.3. The van der Waals surface area contributed by atoms with Crippen LogP contribution in [0.3, 0.4) is 0 Å². The number of likely N-dealkylation sites (tertiary alicyclic amines) is 1. The summed E-state index contributed by atoms with van der Waals surface area (Å²) in [5.74, 6) is 0.0752. The molecule has 1 N–H and O–H groups in total. The van der Waals surface area contributed by atoms with Crippen molar-refractivity contribution in [2.24, 2.45) is 0 Å². The minimum absolute atomic E-state index is 0.0645. The molecule has 0 saturated carbocycles. The van der Waals surface area contributed by atoms with Crippen molar-refractivity contribution >= 4 is 17.4 Å². The Bertz CT molecular complexity index is 1170. The Kier molecular flexibility index (Phi) is 8.54. The first-order chi connectivity index (χ1) is 17.9. The van der Waals surface area contributed by atoms with Crippen molar-refractivity contribution in [2.75, 3.05) is 32.8 Å². The molecule has 0 bridgehead atoms. The van der Waals surface area contributed by atoms with E-state index in [1.807, 2.05) is 50.2 Å². The summed E-state index contributed by atoms with van der Waals surface area (Å²) in [7, 11) is 0. The number of hydrogen-bond donors (Lipinski definition) is 1. The first kappa shape index (κ1) is 26.7. The van der Waals surface area contributed by atoms with Gasteiger partial charge in [-0.25, -0.2) is 0 Å². The van der Waals surface area contributed by atoms with Crippen molar-refractivity contribution in [1.82, 2.24) is 9.80 Å². The minimum atomic E-state index is -0.690. The number of aliphatic hydroxyl groups is 1. The predicted octanol–water partition coefficient (Wildman–Crippen LogP) is 4.95. The van der Waals surface area contributed by atoms with Crippen LogP contribution in [0.5, 0.6) is 11.5 Å². The summed E-state index contributed by atoms with van der Waals surface area (Å²) in [5.41, 5.74) is 2.36. The van der Waals surface area contributed by atoms with Crippen molar-refractivity contribution in [3.05, 3.63) is 64.7 Å². The first-order valence-corrected chi connectivity index (χ1v) is 13.4. The molecule has 7 nitrogen and oxygen atoms in total. The molecule has 2 aromatic rings. The molecule has 1 amide bonds. The molecule has 4 rings (SSSR count). The SMILES string of the molecule is CCCOc1cccc([C@H]2C(=C(O)c3ccc4c(c3)C[C@@H](C)O4)C(=O)C(=O)N2CCCN(CC)CC)c1. The molecule has 0 unspecified atom stereocenters. The van der Waals surface area contributed by atoms with Crippen LogP contribution in [0.25, 0.3) is 5.76 Å². The maximum Gasteiger partial charge on any atom is 0.295 e. The summed E-state index contributed by atoms with van der Waals surface area (Å²) in [6.07, 6.45) is 2.39. The molecule has 2 aromatic carbocycles. The molecule has 0 spiro atoms. The highest BCUT2D eigenvalue weighted by atomic mass is 16.5. The average Bonchev–Trinajstić information content (AvgIpc) is 3.40. The van der Waals surface area contributed by atoms with Gasteiger partial charge in [-0.2, -0.15) is 0 Å². The molecule has 198 valence electrons. The van der Waals surface area contributed by atoms with Gasteiger partial charge < -0.3 is 24.4 Å². The quantitative estimate of drug-likeness (QED) is 0.264. The second-order valence-corrected chi connectivity index (χ2v) is 9.75. The van der Waals surface area contributed by atoms with Gasteiger partial charge in [0.05, 0.1) is 18.2 Å². The molecular weight excluding hydrogens is 468 g/mol. The third-order valence-electron chi connectivity index (χ3n) is 7.12. The average molecular weight is 507 g/mol. The number of benzene rings is 2. The first-order valence-electron chi connectivity index (χ1n) is 13.4. The number of amides is 1. The molecule has 0 aromatic heterocycles. The zero-order chi connectivity index (χ0) is 26.5. The Balaban J connectivity index is 1.74. The van der Waals surface area contributed by atoms with Crippen LogP contribution in [0.15, 0.2) is 48.0 Å². The smallest absolute Gasteiger partial charge is 0.295 e. The van der Waals surface area contributed by atoms with Gasteiger partial charge in [-0.1, -0.05) is 32.9 Å². The maximum atomic E-state index is 13.4. The Morgan fingerprint density at radius 3 is 2.65 bits per heavy atom. The molecule has 1 fully saturated rings. The topological polar surface area (TPSA) is 79.3 Å². The van der Waals surface area contributed by atoms with Crippen LogP contribution in [-0.4, -0.2) is 65.5 Å². The van der Waals surface area contributed by atoms with E-state index in [1.165, 1.54) is 0 Å². The molecular formula is C30H38N2O5. The van der Waals surface area contributed by atoms with E-state index in [0.717, 1.165) is 55.8 Å². The van der Waals surface area contributed by atoms with Crippen LogP contribution in [0.2, 0.25) is 0 Å². The highest BCUT2D eigenvalue weighted by molar-refractivity contribution is 6.46. The lowest BCUT2D eigenvalue weighted by Crippen LogP contribution is -2.33. The van der Waals surface area contributed by atoms with E-state index in [4.69, 9.17) is 9.47 Å². The summed E-state index contributed by atoms with van der Waals surface area (Å²) in [4.78, 5) is 30.6. The van der Waals surface area contributed by atoms with Crippen LogP contribution < -0.4 is 9.47 Å². The molecule has 2 heterocycles. The van der Waals surface area contributed by atoms with Crippen molar-refractivity contribution in [2.45, 2.75) is 59.1 Å². The Hall–Kier alpha value is -3.32. The number of fused-ring (bicyclic) bond motifs is 1. The monoisotopic (exact) mass is 506 g/mol. The van der Waals surface area contributed by atoms with E-state index < -0.39 is 17.7 Å². The van der Waals surface area contributed by atoms with E-state index in [2.05, 4.69) is 18.7 Å². The zero-order valence-electron chi connectivity index (χ0n) is 22.3. The van der Waals surface area contributed by atoms with Gasteiger partial charge in [-0.15, -0.1) is 0 Å². The van der Waals surface area contributed by atoms with Crippen molar-refractivity contribution in [3.63, 3.8) is 0 Å². The lowest BCUT2D eigenvalue weighted by molar-refractivity contribution is -0.140. The van der Waals surface area contributed by atoms with E-state index in [1.54, 1.807) is 11.0 Å². The fraction of sp³-hybridized carbons (Fsp3) is 0.467. The molecule has 7 heteroatoms. The fourth-order valence-electron chi connectivity index (χ4n) is 5.18. The van der Waals surface area contributed by atoms with Crippen LogP contribution in [-0.2, 0) is 16.0 Å². The number of aliphatic hydroxyl groups excluding tert-OH is 1. The van der Waals surface area contributed by atoms with E-state index in [9.17, 15) is 14.7 Å². The van der Waals surface area contributed by atoms with Crippen LogP contribution in [0.1, 0.15) is 63.3 Å². The second-order valence-electron chi connectivity index (χ2n) is 9.75. The van der Waals surface area contributed by atoms with Crippen molar-refractivity contribution < 1.29 is 24.2 Å². The van der Waals surface area contributed by atoms with Crippen molar-refractivity contribution in [3.8, 4) is 11.5 Å². The van der Waals surface area contributed by atoms with Crippen LogP contribution in [0.4, 0.5) is 0 Å². The molecule has 0 aliphatic carbocycles. The number of Topliss-reactive ketones (excluding diaryl/α,β-unsaturated/α-hetero) is 1. The normalized spacial score (nSPS) is 20.4. The van der Waals surface area contributed by atoms with Gasteiger partial charge in [0.25, 0.3) is 11.7 Å². The van der Waals surface area contributed by atoms with E-state index >= 15 is 0 Å². The molecule has 1 saturated heterocycles. The second kappa shape index (κ2) is 11.8. The molecule has 2 aliphatic rings. The highest BCUT2D eigenvalue weighted by Crippen LogP contribution is 2.41. The van der Waals surface area contributed by atoms with Gasteiger partial charge in [0.1, 0.15) is 23.4 Å². The third-order valence-corrected chi connectivity index (χ3v) is 7.12. The number of carbonyl (C=O) groups is 2. The van der Waals surface area contributed by atoms with Gasteiger partial charge in [0.15, 0.2) is 0 Å². The third kappa shape index (κ3) is 5.67. The minimum Gasteiger partial charge on any atom is -0.507 e. The van der Waals surface area contributed by atoms with Gasteiger partial charge >= 0.3 is 0 Å². The number of rotatable bonds is 11. The number of ether oxygens (including phenoxy) is 2. The lowest BCUT2D eigenvalue weighted by atomic mass is 9.94. The van der Waals surface area contributed by atoms with Crippen LogP contribution in [0, 0.1) is 0 Å². The van der Waals surface area contributed by atoms with E-state index in [-0.39, 0.29) is 17.4 Å². The predicted molar refractivity (Wildman–Crippen MR) is 144 cm³/mol. The lowest BCUT2D eigenvalue weighted by Gasteiger charge is -2.27. The van der Waals surface area contributed by atoms with Gasteiger partial charge in [0, 0.05) is 18.5 Å². The van der Waals surface area contributed by atoms with Crippen molar-refractivity contribution in [1.29, 1.82) is 0 Å². The van der Waals surface area contributed by atoms with Gasteiger partial charge in [-0.05, 0) is 80.9 Å². The summed E-state index contributed by atoms with van der Waals surface area (Å²) in [6.45, 7) is 11.9. The number of carbonyl (C=O) groups excluding carboxylic acids is 2. The fourth-order valence-corrected chi connectivity index (χ4v) is 5.18. The number of nitrogens with zero attached hydrogens (tertiary/aromatic N) is 2. The summed E-state index contributed by atoms with van der Waals surface area (Å²) >= 11 is 0. The van der Waals surface area contributed by atoms with Gasteiger partial charge in [0.2, 0.25) is 0 Å². The standard InChI is InChI=1S/C30H38N2O5/c1-5-16-36-24-11-8-10-21(19-24)27-26(28(33)22-12-13-25-23(18-22)17-20(4)37-25)29(34)30(35)32(27)15-9-14-31(6-2)7-3/h8,10-13,18-20,27,33H,5-7,9,14-17H2,1-4H3/t20-,27+/m1/s1. The number of ketones is 1. The largest absolute Gasteiger partial charge is 0.507 e. The number of hydrogen-bond acceptors (Lipinski definition) is 6.